The summed E-state index contributed by atoms with van der Waals surface area (Å²) in [6, 6.07) is 25.0. The number of carbonyl (C=O) groups is 1. The van der Waals surface area contributed by atoms with Gasteiger partial charge in [0.05, 0.1) is 6.04 Å². The second-order valence-electron chi connectivity index (χ2n) is 9.06. The van der Waals surface area contributed by atoms with Crippen LogP contribution < -0.4 is 5.32 Å². The molecule has 4 aromatic rings. The van der Waals surface area contributed by atoms with Gasteiger partial charge in [-0.15, -0.1) is 0 Å². The number of likely N-dealkylation sites (tertiary alicyclic amines) is 1. The van der Waals surface area contributed by atoms with Crippen LogP contribution in [0.25, 0.3) is 22.1 Å². The number of nitrogens with one attached hydrogen (secondary N) is 1. The molecule has 5 nitrogen and oxygen atoms in total. The van der Waals surface area contributed by atoms with Crippen LogP contribution >= 0.6 is 0 Å². The number of aryl methyl sites for hydroxylation is 1. The Bertz CT molecular complexity index is 1260. The molecule has 1 atom stereocenters. The van der Waals surface area contributed by atoms with Crippen LogP contribution in [0.3, 0.4) is 0 Å². The van der Waals surface area contributed by atoms with Crippen LogP contribution in [0.2, 0.25) is 0 Å². The lowest BCUT2D eigenvalue weighted by atomic mass is 9.99. The summed E-state index contributed by atoms with van der Waals surface area (Å²) in [7, 11) is 0. The normalized spacial score (nSPS) is 15.3. The van der Waals surface area contributed by atoms with Crippen molar-refractivity contribution in [3.05, 3.63) is 89.6 Å². The highest BCUT2D eigenvalue weighted by Crippen LogP contribution is 2.27. The van der Waals surface area contributed by atoms with Gasteiger partial charge in [0, 0.05) is 18.2 Å². The number of fused-ring (bicyclic) bond motifs is 1. The van der Waals surface area contributed by atoms with Crippen molar-refractivity contribution >= 4 is 16.7 Å². The van der Waals surface area contributed by atoms with E-state index in [1.807, 2.05) is 18.2 Å². The molecular weight excluding hydrogens is 422 g/mol. The third-order valence-electron chi connectivity index (χ3n) is 6.84. The van der Waals surface area contributed by atoms with Gasteiger partial charge in [-0.05, 0) is 60.3 Å². The van der Waals surface area contributed by atoms with E-state index >= 15 is 0 Å². The number of hydrogen-bond acceptors (Lipinski definition) is 4. The van der Waals surface area contributed by atoms with Gasteiger partial charge in [0.2, 0.25) is 0 Å². The van der Waals surface area contributed by atoms with E-state index in [1.165, 1.54) is 35.8 Å². The van der Waals surface area contributed by atoms with Crippen molar-refractivity contribution in [2.24, 2.45) is 0 Å². The van der Waals surface area contributed by atoms with Crippen LogP contribution in [-0.4, -0.2) is 35.6 Å². The number of rotatable bonds is 7. The smallest absolute Gasteiger partial charge is 0.273 e. The van der Waals surface area contributed by atoms with E-state index in [0.717, 1.165) is 30.5 Å². The number of hydrogen-bond donors (Lipinski definition) is 1. The van der Waals surface area contributed by atoms with Crippen LogP contribution in [0.4, 0.5) is 0 Å². The molecule has 5 rings (SSSR count). The number of aromatic nitrogens is 1. The first-order valence-electron chi connectivity index (χ1n) is 12.3. The molecule has 1 N–H and O–H groups in total. The molecule has 2 heterocycles. The van der Waals surface area contributed by atoms with Crippen molar-refractivity contribution in [1.29, 1.82) is 0 Å². The van der Waals surface area contributed by atoms with Crippen LogP contribution in [0.5, 0.6) is 0 Å². The fourth-order valence-electron chi connectivity index (χ4n) is 4.80. The zero-order valence-corrected chi connectivity index (χ0v) is 19.7. The first kappa shape index (κ1) is 22.4. The van der Waals surface area contributed by atoms with Crippen LogP contribution in [0, 0.1) is 0 Å². The van der Waals surface area contributed by atoms with Gasteiger partial charge in [-0.1, -0.05) is 79.2 Å². The van der Waals surface area contributed by atoms with Crippen molar-refractivity contribution in [2.45, 2.75) is 38.6 Å². The molecular formula is C29H31N3O2. The maximum atomic E-state index is 13.0. The Morgan fingerprint density at radius 3 is 2.50 bits per heavy atom. The molecule has 0 radical (unpaired) electrons. The quantitative estimate of drug-likeness (QED) is 0.372. The molecule has 34 heavy (non-hydrogen) atoms. The molecule has 174 valence electrons. The number of nitrogens with zero attached hydrogens (tertiary/aromatic N) is 2. The first-order valence-corrected chi connectivity index (χ1v) is 12.3. The van der Waals surface area contributed by atoms with Crippen molar-refractivity contribution < 1.29 is 9.32 Å². The molecule has 3 aromatic carbocycles. The Labute approximate surface area is 200 Å². The average molecular weight is 454 g/mol. The summed E-state index contributed by atoms with van der Waals surface area (Å²) in [6.45, 7) is 4.84. The zero-order valence-electron chi connectivity index (χ0n) is 19.7. The molecule has 1 unspecified atom stereocenters. The van der Waals surface area contributed by atoms with Gasteiger partial charge in [0.1, 0.15) is 0 Å². The van der Waals surface area contributed by atoms with Crippen molar-refractivity contribution in [1.82, 2.24) is 15.4 Å². The fourth-order valence-corrected chi connectivity index (χ4v) is 4.80. The Morgan fingerprint density at radius 2 is 1.74 bits per heavy atom. The van der Waals surface area contributed by atoms with Crippen molar-refractivity contribution in [3.8, 4) is 11.3 Å². The molecule has 1 saturated heterocycles. The van der Waals surface area contributed by atoms with Crippen molar-refractivity contribution in [2.75, 3.05) is 19.6 Å². The minimum Gasteiger partial charge on any atom is -0.355 e. The summed E-state index contributed by atoms with van der Waals surface area (Å²) >= 11 is 0. The van der Waals surface area contributed by atoms with Gasteiger partial charge in [-0.25, -0.2) is 0 Å². The van der Waals surface area contributed by atoms with Gasteiger partial charge in [0.25, 0.3) is 5.91 Å². The lowest BCUT2D eigenvalue weighted by Crippen LogP contribution is -2.40. The Morgan fingerprint density at radius 1 is 0.971 bits per heavy atom. The van der Waals surface area contributed by atoms with Crippen LogP contribution in [-0.2, 0) is 6.42 Å². The predicted molar refractivity (Wildman–Crippen MR) is 136 cm³/mol. The minimum absolute atomic E-state index is 0.155. The minimum atomic E-state index is -0.206. The van der Waals surface area contributed by atoms with E-state index in [0.29, 0.717) is 18.0 Å². The molecule has 1 amide bonds. The summed E-state index contributed by atoms with van der Waals surface area (Å²) in [5.41, 5.74) is 3.79. The molecule has 1 aliphatic rings. The zero-order chi connectivity index (χ0) is 23.3. The van der Waals surface area contributed by atoms with Crippen molar-refractivity contribution in [3.63, 3.8) is 0 Å². The van der Waals surface area contributed by atoms with Gasteiger partial charge >= 0.3 is 0 Å². The maximum absolute atomic E-state index is 13.0. The summed E-state index contributed by atoms with van der Waals surface area (Å²) in [4.78, 5) is 15.5. The highest BCUT2D eigenvalue weighted by molar-refractivity contribution is 5.93. The average Bonchev–Trinajstić information content (AvgIpc) is 3.40. The molecule has 1 aliphatic heterocycles. The molecule has 5 heteroatoms. The molecule has 1 aromatic heterocycles. The van der Waals surface area contributed by atoms with Gasteiger partial charge in [0.15, 0.2) is 11.5 Å². The second-order valence-corrected chi connectivity index (χ2v) is 9.06. The molecule has 1 fully saturated rings. The summed E-state index contributed by atoms with van der Waals surface area (Å²) in [5, 5.41) is 9.46. The van der Waals surface area contributed by atoms with E-state index in [-0.39, 0.29) is 11.9 Å². The lowest BCUT2D eigenvalue weighted by Gasteiger charge is -2.35. The molecule has 0 saturated carbocycles. The monoisotopic (exact) mass is 453 g/mol. The van der Waals surface area contributed by atoms with E-state index in [2.05, 4.69) is 70.8 Å². The van der Waals surface area contributed by atoms with Gasteiger partial charge in [-0.2, -0.15) is 0 Å². The van der Waals surface area contributed by atoms with E-state index in [9.17, 15) is 4.79 Å². The Balaban J connectivity index is 1.30. The second kappa shape index (κ2) is 10.2. The topological polar surface area (TPSA) is 58.4 Å². The molecule has 0 aliphatic carbocycles. The highest BCUT2D eigenvalue weighted by Gasteiger charge is 2.24. The maximum Gasteiger partial charge on any atom is 0.273 e. The Kier molecular flexibility index (Phi) is 6.72. The van der Waals surface area contributed by atoms with E-state index in [4.69, 9.17) is 4.52 Å². The van der Waals surface area contributed by atoms with Crippen LogP contribution in [0.1, 0.15) is 53.8 Å². The number of piperidine rings is 1. The molecule has 0 spiro atoms. The predicted octanol–water partition coefficient (Wildman–Crippen LogP) is 6.01. The van der Waals surface area contributed by atoms with E-state index in [1.54, 1.807) is 6.07 Å². The standard InChI is InChI=1S/C29H31N3O2/c1-2-21-10-12-23(13-11-21)27(32-16-6-3-7-17-32)20-30-29(33)26-19-28(34-31-26)25-15-14-22-8-4-5-9-24(22)18-25/h4-5,8-15,18-19,27H,2-3,6-7,16-17,20H2,1H3,(H,30,33). The molecule has 0 bridgehead atoms. The highest BCUT2D eigenvalue weighted by atomic mass is 16.5. The SMILES string of the molecule is CCc1ccc(C(CNC(=O)c2cc(-c3ccc4ccccc4c3)on2)N2CCCCC2)cc1. The largest absolute Gasteiger partial charge is 0.355 e. The van der Waals surface area contributed by atoms with E-state index < -0.39 is 0 Å². The first-order chi connectivity index (χ1) is 16.7. The third kappa shape index (κ3) is 4.90. The summed E-state index contributed by atoms with van der Waals surface area (Å²) in [6.07, 6.45) is 4.71. The van der Waals surface area contributed by atoms with Crippen LogP contribution in [0.15, 0.2) is 77.3 Å². The third-order valence-corrected chi connectivity index (χ3v) is 6.84. The van der Waals surface area contributed by atoms with Gasteiger partial charge < -0.3 is 9.84 Å². The van der Waals surface area contributed by atoms with Gasteiger partial charge in [-0.3, -0.25) is 9.69 Å². The summed E-state index contributed by atoms with van der Waals surface area (Å²) < 4.78 is 5.53. The fraction of sp³-hybridized carbons (Fsp3) is 0.310. The number of carbonyl (C=O) groups excluding carboxylic acids is 1. The summed E-state index contributed by atoms with van der Waals surface area (Å²) in [5.74, 6) is 0.390. The lowest BCUT2D eigenvalue weighted by molar-refractivity contribution is 0.0915. The Hall–Kier alpha value is -3.44. The number of amides is 1. The number of benzene rings is 3.